The molecule has 0 atom stereocenters. The Hall–Kier alpha value is -2.24. The molecule has 0 aliphatic rings. The highest BCUT2D eigenvalue weighted by atomic mass is 16.5. The molecule has 20 heavy (non-hydrogen) atoms. The lowest BCUT2D eigenvalue weighted by atomic mass is 10.2. The van der Waals surface area contributed by atoms with Crippen LogP contribution in [0.5, 0.6) is 17.2 Å². The predicted octanol–water partition coefficient (Wildman–Crippen LogP) is 2.05. The van der Waals surface area contributed by atoms with E-state index in [2.05, 4.69) is 10.5 Å². The summed E-state index contributed by atoms with van der Waals surface area (Å²) in [5.41, 5.74) is 2.78. The average Bonchev–Trinajstić information content (AvgIpc) is 2.46. The first-order valence-corrected chi connectivity index (χ1v) is 6.39. The van der Waals surface area contributed by atoms with E-state index in [-0.39, 0.29) is 11.7 Å². The number of unbranched alkanes of at least 4 members (excludes halogenated alkanes) is 1. The van der Waals surface area contributed by atoms with Crippen LogP contribution in [0, 0.1) is 0 Å². The van der Waals surface area contributed by atoms with Gasteiger partial charge in [-0.3, -0.25) is 4.79 Å². The van der Waals surface area contributed by atoms with Crippen molar-refractivity contribution >= 4 is 12.1 Å². The quantitative estimate of drug-likeness (QED) is 0.591. The molecule has 0 aromatic heterocycles. The van der Waals surface area contributed by atoms with Gasteiger partial charge in [-0.25, -0.2) is 5.43 Å². The first-order valence-electron chi connectivity index (χ1n) is 6.39. The van der Waals surface area contributed by atoms with Crippen LogP contribution < -0.4 is 14.9 Å². The fourth-order valence-electron chi connectivity index (χ4n) is 1.57. The SMILES string of the molecule is CCCCC(=O)NN=Cc1c(O)cc(OC)cc1OC. The van der Waals surface area contributed by atoms with Crippen LogP contribution in [-0.2, 0) is 4.79 Å². The first kappa shape index (κ1) is 15.8. The van der Waals surface area contributed by atoms with Crippen molar-refractivity contribution in [3.05, 3.63) is 17.7 Å². The van der Waals surface area contributed by atoms with Crippen molar-refractivity contribution < 1.29 is 19.4 Å². The van der Waals surface area contributed by atoms with Crippen molar-refractivity contribution in [2.45, 2.75) is 26.2 Å². The van der Waals surface area contributed by atoms with Gasteiger partial charge in [0.25, 0.3) is 0 Å². The fraction of sp³-hybridized carbons (Fsp3) is 0.429. The van der Waals surface area contributed by atoms with Gasteiger partial charge >= 0.3 is 0 Å². The topological polar surface area (TPSA) is 80.2 Å². The first-order chi connectivity index (χ1) is 9.62. The van der Waals surface area contributed by atoms with Gasteiger partial charge in [-0.1, -0.05) is 13.3 Å². The molecule has 2 N–H and O–H groups in total. The number of nitrogens with zero attached hydrogens (tertiary/aromatic N) is 1. The second-order valence-corrected chi connectivity index (χ2v) is 4.16. The highest BCUT2D eigenvalue weighted by Gasteiger charge is 2.10. The van der Waals surface area contributed by atoms with E-state index in [1.165, 1.54) is 26.5 Å². The molecule has 1 rings (SSSR count). The number of amides is 1. The van der Waals surface area contributed by atoms with Gasteiger partial charge < -0.3 is 14.6 Å². The molecule has 0 aliphatic carbocycles. The van der Waals surface area contributed by atoms with Gasteiger partial charge in [0.2, 0.25) is 5.91 Å². The third-order valence-electron chi connectivity index (χ3n) is 2.69. The minimum atomic E-state index is -0.157. The summed E-state index contributed by atoms with van der Waals surface area (Å²) in [5, 5.41) is 13.7. The molecule has 110 valence electrons. The van der Waals surface area contributed by atoms with Crippen LogP contribution in [0.2, 0.25) is 0 Å². The zero-order valence-electron chi connectivity index (χ0n) is 12.0. The number of phenols is 1. The number of carbonyl (C=O) groups excluding carboxylic acids is 1. The lowest BCUT2D eigenvalue weighted by Crippen LogP contribution is -2.16. The largest absolute Gasteiger partial charge is 0.507 e. The Labute approximate surface area is 118 Å². The fourth-order valence-corrected chi connectivity index (χ4v) is 1.57. The van der Waals surface area contributed by atoms with Gasteiger partial charge in [-0.2, -0.15) is 5.10 Å². The Morgan fingerprint density at radius 2 is 2.15 bits per heavy atom. The molecule has 0 radical (unpaired) electrons. The van der Waals surface area contributed by atoms with Crippen molar-refractivity contribution in [1.29, 1.82) is 0 Å². The van der Waals surface area contributed by atoms with Gasteiger partial charge in [-0.15, -0.1) is 0 Å². The van der Waals surface area contributed by atoms with E-state index in [4.69, 9.17) is 9.47 Å². The van der Waals surface area contributed by atoms with E-state index in [0.717, 1.165) is 12.8 Å². The number of hydrazone groups is 1. The van der Waals surface area contributed by atoms with Crippen molar-refractivity contribution in [3.8, 4) is 17.2 Å². The molecule has 0 unspecified atom stereocenters. The van der Waals surface area contributed by atoms with E-state index in [9.17, 15) is 9.90 Å². The lowest BCUT2D eigenvalue weighted by molar-refractivity contribution is -0.121. The maximum absolute atomic E-state index is 11.4. The number of nitrogens with one attached hydrogen (secondary N) is 1. The number of phenolic OH excluding ortho intramolecular Hbond substituents is 1. The van der Waals surface area contributed by atoms with Crippen molar-refractivity contribution in [2.75, 3.05) is 14.2 Å². The molecule has 0 spiro atoms. The average molecular weight is 280 g/mol. The van der Waals surface area contributed by atoms with Gasteiger partial charge in [0.15, 0.2) is 0 Å². The summed E-state index contributed by atoms with van der Waals surface area (Å²) < 4.78 is 10.2. The molecule has 0 bridgehead atoms. The van der Waals surface area contributed by atoms with Crippen LogP contribution >= 0.6 is 0 Å². The van der Waals surface area contributed by atoms with Crippen molar-refractivity contribution in [3.63, 3.8) is 0 Å². The minimum absolute atomic E-state index is 0.0345. The summed E-state index contributed by atoms with van der Waals surface area (Å²) in [6.45, 7) is 2.01. The van der Waals surface area contributed by atoms with E-state index < -0.39 is 0 Å². The summed E-state index contributed by atoms with van der Waals surface area (Å²) in [7, 11) is 2.97. The normalized spacial score (nSPS) is 10.6. The summed E-state index contributed by atoms with van der Waals surface area (Å²) in [5.74, 6) is 0.694. The predicted molar refractivity (Wildman–Crippen MR) is 76.5 cm³/mol. The summed E-state index contributed by atoms with van der Waals surface area (Å²) in [6, 6.07) is 3.07. The van der Waals surface area contributed by atoms with Crippen molar-refractivity contribution in [2.24, 2.45) is 5.10 Å². The van der Waals surface area contributed by atoms with Crippen LogP contribution in [0.1, 0.15) is 31.7 Å². The highest BCUT2D eigenvalue weighted by Crippen LogP contribution is 2.31. The second kappa shape index (κ2) is 8.04. The van der Waals surface area contributed by atoms with E-state index in [0.29, 0.717) is 23.5 Å². The molecule has 6 heteroatoms. The monoisotopic (exact) mass is 280 g/mol. The Balaban J connectivity index is 2.78. The zero-order chi connectivity index (χ0) is 15.0. The summed E-state index contributed by atoms with van der Waals surface area (Å²) in [4.78, 5) is 11.4. The molecular weight excluding hydrogens is 260 g/mol. The third kappa shape index (κ3) is 4.46. The van der Waals surface area contributed by atoms with Crippen LogP contribution in [0.4, 0.5) is 0 Å². The molecule has 0 fully saturated rings. The number of rotatable bonds is 7. The van der Waals surface area contributed by atoms with Crippen molar-refractivity contribution in [1.82, 2.24) is 5.43 Å². The van der Waals surface area contributed by atoms with Gasteiger partial charge in [0, 0.05) is 18.6 Å². The maximum atomic E-state index is 11.4. The Bertz CT molecular complexity index is 486. The van der Waals surface area contributed by atoms with Crippen LogP contribution in [0.25, 0.3) is 0 Å². The molecule has 1 amide bonds. The Kier molecular flexibility index (Phi) is 6.36. The molecule has 6 nitrogen and oxygen atoms in total. The molecule has 0 saturated carbocycles. The molecule has 0 heterocycles. The number of hydrogen-bond donors (Lipinski definition) is 2. The Morgan fingerprint density at radius 3 is 2.75 bits per heavy atom. The van der Waals surface area contributed by atoms with Gasteiger partial charge in [0.1, 0.15) is 17.2 Å². The van der Waals surface area contributed by atoms with E-state index in [1.807, 2.05) is 6.92 Å². The molecular formula is C14H20N2O4. The molecule has 1 aromatic carbocycles. The number of carbonyl (C=O) groups is 1. The highest BCUT2D eigenvalue weighted by molar-refractivity contribution is 5.88. The lowest BCUT2D eigenvalue weighted by Gasteiger charge is -2.09. The number of methoxy groups -OCH3 is 2. The van der Waals surface area contributed by atoms with Gasteiger partial charge in [-0.05, 0) is 6.42 Å². The van der Waals surface area contributed by atoms with E-state index >= 15 is 0 Å². The van der Waals surface area contributed by atoms with Crippen LogP contribution in [0.15, 0.2) is 17.2 Å². The Morgan fingerprint density at radius 1 is 1.40 bits per heavy atom. The molecule has 0 aliphatic heterocycles. The third-order valence-corrected chi connectivity index (χ3v) is 2.69. The minimum Gasteiger partial charge on any atom is -0.507 e. The zero-order valence-corrected chi connectivity index (χ0v) is 12.0. The maximum Gasteiger partial charge on any atom is 0.240 e. The number of aromatic hydroxyl groups is 1. The standard InChI is InChI=1S/C14H20N2O4/c1-4-5-6-14(18)16-15-9-11-12(17)7-10(19-2)8-13(11)20-3/h7-9,17H,4-6H2,1-3H3,(H,16,18). The summed E-state index contributed by atoms with van der Waals surface area (Å²) in [6.07, 6.45) is 3.54. The van der Waals surface area contributed by atoms with Crippen LogP contribution in [0.3, 0.4) is 0 Å². The van der Waals surface area contributed by atoms with Gasteiger partial charge in [0.05, 0.1) is 26.0 Å². The molecule has 0 saturated heterocycles. The second-order valence-electron chi connectivity index (χ2n) is 4.16. The van der Waals surface area contributed by atoms with Crippen LogP contribution in [-0.4, -0.2) is 31.4 Å². The number of hydrogen-bond acceptors (Lipinski definition) is 5. The smallest absolute Gasteiger partial charge is 0.240 e. The summed E-state index contributed by atoms with van der Waals surface area (Å²) >= 11 is 0. The number of ether oxygens (including phenoxy) is 2. The van der Waals surface area contributed by atoms with E-state index in [1.54, 1.807) is 6.07 Å². The number of benzene rings is 1. The molecule has 1 aromatic rings.